The third kappa shape index (κ3) is 3.82. The Kier molecular flexibility index (Phi) is 5.81. The summed E-state index contributed by atoms with van der Waals surface area (Å²) in [5, 5.41) is 7.21. The molecule has 2 aromatic carbocycles. The van der Waals surface area contributed by atoms with Crippen LogP contribution in [0, 0.1) is 0 Å². The Bertz CT molecular complexity index is 1560. The summed E-state index contributed by atoms with van der Waals surface area (Å²) in [5.74, 6) is -0.465. The third-order valence-electron chi connectivity index (χ3n) is 5.65. The lowest BCUT2D eigenvalue weighted by Crippen LogP contribution is -2.39. The number of H-pyrrole nitrogens is 1. The monoisotopic (exact) mass is 470 g/mol. The highest BCUT2D eigenvalue weighted by Crippen LogP contribution is 2.30. The van der Waals surface area contributed by atoms with Crippen molar-refractivity contribution >= 4 is 23.4 Å². The van der Waals surface area contributed by atoms with Crippen molar-refractivity contribution in [1.29, 1.82) is 0 Å². The molecule has 2 aromatic heterocycles. The first kappa shape index (κ1) is 21.8. The Morgan fingerprint density at radius 2 is 1.85 bits per heavy atom. The van der Waals surface area contributed by atoms with Gasteiger partial charge in [0.05, 0.1) is 40.3 Å². The highest BCUT2D eigenvalue weighted by Gasteiger charge is 2.33. The van der Waals surface area contributed by atoms with Crippen LogP contribution in [-0.4, -0.2) is 27.3 Å². The lowest BCUT2D eigenvalue weighted by Gasteiger charge is -2.24. The molecule has 0 bridgehead atoms. The molecule has 0 radical (unpaired) electrons. The van der Waals surface area contributed by atoms with Gasteiger partial charge in [0.25, 0.3) is 5.56 Å². The molecule has 0 saturated heterocycles. The molecule has 0 amide bonds. The number of benzene rings is 2. The number of esters is 1. The quantitative estimate of drug-likeness (QED) is 0.454. The van der Waals surface area contributed by atoms with Gasteiger partial charge in [-0.05, 0) is 25.5 Å². The van der Waals surface area contributed by atoms with Gasteiger partial charge in [0.15, 0.2) is 4.80 Å². The van der Waals surface area contributed by atoms with Crippen LogP contribution < -0.4 is 14.9 Å². The van der Waals surface area contributed by atoms with Gasteiger partial charge in [-0.2, -0.15) is 5.10 Å². The number of aromatic nitrogens is 3. The summed E-state index contributed by atoms with van der Waals surface area (Å²) >= 11 is 1.29. The van der Waals surface area contributed by atoms with Crippen LogP contribution in [0.3, 0.4) is 0 Å². The second-order valence-corrected chi connectivity index (χ2v) is 8.79. The van der Waals surface area contributed by atoms with Gasteiger partial charge in [-0.1, -0.05) is 72.0 Å². The van der Waals surface area contributed by atoms with E-state index >= 15 is 0 Å². The summed E-state index contributed by atoms with van der Waals surface area (Å²) < 4.78 is 7.43. The molecular weight excluding hydrogens is 448 g/mol. The van der Waals surface area contributed by atoms with Gasteiger partial charge >= 0.3 is 5.97 Å². The molecule has 170 valence electrons. The number of rotatable bonds is 5. The number of hydrogen-bond acceptors (Lipinski definition) is 6. The number of ether oxygens (including phenoxy) is 1. The minimum atomic E-state index is -0.614. The maximum absolute atomic E-state index is 13.7. The maximum atomic E-state index is 13.7. The Labute approximate surface area is 199 Å². The van der Waals surface area contributed by atoms with E-state index in [9.17, 15) is 9.59 Å². The largest absolute Gasteiger partial charge is 0.463 e. The van der Waals surface area contributed by atoms with Crippen molar-refractivity contribution in [1.82, 2.24) is 14.8 Å². The Morgan fingerprint density at radius 1 is 1.15 bits per heavy atom. The number of nitrogens with one attached hydrogen (secondary N) is 1. The average Bonchev–Trinajstić information content (AvgIpc) is 3.44. The Hall–Kier alpha value is -4.04. The standard InChI is InChI=1S/C26H22N4O3S/c1-3-33-25(32)21-16(2)28-26-30(23(21)18-12-8-5-9-13-18)24(31)20(34-26)14-19-15-27-29-22(19)17-10-6-4-7-11-17/h4-15,23H,3H2,1-2H3,(H,27,29)/t23-/m0/s1. The zero-order valence-corrected chi connectivity index (χ0v) is 19.5. The number of fused-ring (bicyclic) bond motifs is 1. The Morgan fingerprint density at radius 3 is 2.56 bits per heavy atom. The third-order valence-corrected chi connectivity index (χ3v) is 6.63. The molecule has 1 N–H and O–H groups in total. The van der Waals surface area contributed by atoms with Crippen molar-refractivity contribution in [3.05, 3.63) is 109 Å². The number of carbonyl (C=O) groups excluding carboxylic acids is 1. The summed E-state index contributed by atoms with van der Waals surface area (Å²) in [6.07, 6.45) is 3.52. The predicted molar refractivity (Wildman–Crippen MR) is 131 cm³/mol. The number of aromatic amines is 1. The van der Waals surface area contributed by atoms with Crippen LogP contribution in [0.5, 0.6) is 0 Å². The summed E-state index contributed by atoms with van der Waals surface area (Å²) in [5.41, 5.74) is 4.13. The normalized spacial score (nSPS) is 15.7. The maximum Gasteiger partial charge on any atom is 0.338 e. The molecule has 4 aromatic rings. The highest BCUT2D eigenvalue weighted by atomic mass is 32.1. The van der Waals surface area contributed by atoms with E-state index < -0.39 is 12.0 Å². The van der Waals surface area contributed by atoms with E-state index in [1.54, 1.807) is 24.6 Å². The molecule has 34 heavy (non-hydrogen) atoms. The van der Waals surface area contributed by atoms with E-state index in [1.165, 1.54) is 11.3 Å². The minimum Gasteiger partial charge on any atom is -0.463 e. The highest BCUT2D eigenvalue weighted by molar-refractivity contribution is 7.07. The van der Waals surface area contributed by atoms with Gasteiger partial charge in [-0.3, -0.25) is 14.5 Å². The van der Waals surface area contributed by atoms with Crippen LogP contribution in [0.1, 0.15) is 31.0 Å². The fourth-order valence-corrected chi connectivity index (χ4v) is 5.16. The molecule has 0 spiro atoms. The number of carbonyl (C=O) groups is 1. The van der Waals surface area contributed by atoms with Gasteiger partial charge < -0.3 is 4.74 Å². The number of allylic oxidation sites excluding steroid dienone is 1. The van der Waals surface area contributed by atoms with Crippen molar-refractivity contribution in [3.63, 3.8) is 0 Å². The van der Waals surface area contributed by atoms with Crippen molar-refractivity contribution < 1.29 is 9.53 Å². The fraction of sp³-hybridized carbons (Fsp3) is 0.154. The van der Waals surface area contributed by atoms with Crippen LogP contribution in [0.15, 0.2) is 87.9 Å². The Balaban J connectivity index is 1.70. The molecule has 8 heteroatoms. The van der Waals surface area contributed by atoms with Crippen molar-refractivity contribution in [2.75, 3.05) is 6.61 Å². The number of thiazole rings is 1. The summed E-state index contributed by atoms with van der Waals surface area (Å²) in [7, 11) is 0. The molecule has 1 aliphatic heterocycles. The van der Waals surface area contributed by atoms with E-state index in [0.29, 0.717) is 20.6 Å². The summed E-state index contributed by atoms with van der Waals surface area (Å²) in [6.45, 7) is 3.78. The second kappa shape index (κ2) is 9.07. The molecule has 0 unspecified atom stereocenters. The van der Waals surface area contributed by atoms with Crippen molar-refractivity contribution in [3.8, 4) is 11.3 Å². The SMILES string of the molecule is CCOC(=O)C1=C(C)N=c2sc(=Cc3cn[nH]c3-c3ccccc3)c(=O)n2[C@H]1c1ccccc1. The topological polar surface area (TPSA) is 89.3 Å². The van der Waals surface area contributed by atoms with E-state index in [0.717, 1.165) is 22.4 Å². The van der Waals surface area contributed by atoms with Gasteiger partial charge in [0, 0.05) is 11.1 Å². The van der Waals surface area contributed by atoms with Gasteiger partial charge in [-0.25, -0.2) is 9.79 Å². The van der Waals surface area contributed by atoms with E-state index in [4.69, 9.17) is 4.74 Å². The first-order chi connectivity index (χ1) is 16.6. The minimum absolute atomic E-state index is 0.216. The molecule has 0 fully saturated rings. The smallest absolute Gasteiger partial charge is 0.338 e. The lowest BCUT2D eigenvalue weighted by atomic mass is 9.96. The van der Waals surface area contributed by atoms with Crippen molar-refractivity contribution in [2.45, 2.75) is 19.9 Å². The average molecular weight is 471 g/mol. The zero-order valence-electron chi connectivity index (χ0n) is 18.7. The first-order valence-corrected chi connectivity index (χ1v) is 11.7. The molecule has 3 heterocycles. The van der Waals surface area contributed by atoms with Crippen LogP contribution >= 0.6 is 11.3 Å². The van der Waals surface area contributed by atoms with Crippen LogP contribution in [0.25, 0.3) is 17.3 Å². The molecule has 1 atom stereocenters. The molecule has 0 saturated carbocycles. The zero-order chi connectivity index (χ0) is 23.7. The van der Waals surface area contributed by atoms with Crippen LogP contribution in [-0.2, 0) is 9.53 Å². The van der Waals surface area contributed by atoms with Crippen molar-refractivity contribution in [2.24, 2.45) is 4.99 Å². The number of hydrogen-bond donors (Lipinski definition) is 1. The molecule has 0 aliphatic carbocycles. The van der Waals surface area contributed by atoms with Gasteiger partial charge in [-0.15, -0.1) is 0 Å². The van der Waals surface area contributed by atoms with Gasteiger partial charge in [0.1, 0.15) is 0 Å². The molecule has 7 nitrogen and oxygen atoms in total. The number of nitrogens with zero attached hydrogens (tertiary/aromatic N) is 3. The first-order valence-electron chi connectivity index (χ1n) is 10.9. The van der Waals surface area contributed by atoms with Gasteiger partial charge in [0.2, 0.25) is 0 Å². The lowest BCUT2D eigenvalue weighted by molar-refractivity contribution is -0.139. The van der Waals surface area contributed by atoms with Crippen LogP contribution in [0.2, 0.25) is 0 Å². The fourth-order valence-electron chi connectivity index (χ4n) is 4.12. The predicted octanol–water partition coefficient (Wildman–Crippen LogP) is 3.19. The van der Waals surface area contributed by atoms with E-state index in [1.807, 2.05) is 66.7 Å². The second-order valence-electron chi connectivity index (χ2n) is 7.78. The summed E-state index contributed by atoms with van der Waals surface area (Å²) in [4.78, 5) is 31.7. The molecular formula is C26H22N4O3S. The van der Waals surface area contributed by atoms with Crippen LogP contribution in [0.4, 0.5) is 0 Å². The van der Waals surface area contributed by atoms with E-state index in [-0.39, 0.29) is 12.2 Å². The summed E-state index contributed by atoms with van der Waals surface area (Å²) in [6, 6.07) is 18.7. The van der Waals surface area contributed by atoms with E-state index in [2.05, 4.69) is 15.2 Å². The molecule has 1 aliphatic rings. The molecule has 5 rings (SSSR count).